The molecule has 12 heteroatoms. The maximum absolute atomic E-state index is 14.0. The summed E-state index contributed by atoms with van der Waals surface area (Å²) in [5.74, 6) is 0.912. The normalized spacial score (nSPS) is 20.8. The van der Waals surface area contributed by atoms with E-state index < -0.39 is 12.5 Å². The standard InChI is InChI=1S/C23H27F2N7O3/c24-20(25)21-28-16-3-1-2-4-17(16)32(21)19-13-18(29-22(30-19)31-9-11-35-12-10-31)26-14-5-7-15(8-6-14)27-23(33)34/h1-4,13-15,20,27H,5-12H2,(H,33,34)(H,26,29,30)/t14-,15-. The Morgan fingerprint density at radius 2 is 1.77 bits per heavy atom. The number of imidazole rings is 1. The van der Waals surface area contributed by atoms with Gasteiger partial charge in [0.2, 0.25) is 5.95 Å². The monoisotopic (exact) mass is 487 g/mol. The fraction of sp³-hybridized carbons (Fsp3) is 0.478. The molecule has 0 bridgehead atoms. The molecule has 1 amide bonds. The van der Waals surface area contributed by atoms with Gasteiger partial charge in [-0.2, -0.15) is 9.97 Å². The lowest BCUT2D eigenvalue weighted by Crippen LogP contribution is -2.39. The second-order valence-corrected chi connectivity index (χ2v) is 8.75. The summed E-state index contributed by atoms with van der Waals surface area (Å²) in [4.78, 5) is 26.4. The lowest BCUT2D eigenvalue weighted by atomic mass is 9.91. The van der Waals surface area contributed by atoms with Gasteiger partial charge in [-0.05, 0) is 37.8 Å². The number of carbonyl (C=O) groups is 1. The van der Waals surface area contributed by atoms with E-state index in [-0.39, 0.29) is 17.9 Å². The van der Waals surface area contributed by atoms with Gasteiger partial charge in [0.25, 0.3) is 6.43 Å². The van der Waals surface area contributed by atoms with E-state index >= 15 is 0 Å². The van der Waals surface area contributed by atoms with Gasteiger partial charge in [-0.15, -0.1) is 0 Å². The number of benzene rings is 1. The van der Waals surface area contributed by atoms with Crippen LogP contribution in [0, 0.1) is 0 Å². The largest absolute Gasteiger partial charge is 0.465 e. The predicted molar refractivity (Wildman–Crippen MR) is 125 cm³/mol. The molecule has 3 aromatic rings. The van der Waals surface area contributed by atoms with E-state index in [1.807, 2.05) is 4.90 Å². The average molecular weight is 488 g/mol. The fourth-order valence-electron chi connectivity index (χ4n) is 4.71. The molecule has 2 aromatic heterocycles. The van der Waals surface area contributed by atoms with E-state index in [0.717, 1.165) is 12.8 Å². The summed E-state index contributed by atoms with van der Waals surface area (Å²) < 4.78 is 34.8. The highest BCUT2D eigenvalue weighted by atomic mass is 19.3. The zero-order valence-corrected chi connectivity index (χ0v) is 19.0. The van der Waals surface area contributed by atoms with Crippen LogP contribution in [0.4, 0.5) is 25.3 Å². The average Bonchev–Trinajstić information content (AvgIpc) is 3.25. The van der Waals surface area contributed by atoms with Crippen molar-refractivity contribution in [2.75, 3.05) is 36.5 Å². The molecular weight excluding hydrogens is 460 g/mol. The number of fused-ring (bicyclic) bond motifs is 1. The third kappa shape index (κ3) is 5.11. The van der Waals surface area contributed by atoms with Gasteiger partial charge in [0, 0.05) is 31.2 Å². The minimum atomic E-state index is -2.78. The van der Waals surface area contributed by atoms with Crippen LogP contribution in [0.25, 0.3) is 16.9 Å². The summed E-state index contributed by atoms with van der Waals surface area (Å²) in [5, 5.41) is 14.9. The van der Waals surface area contributed by atoms with Crippen molar-refractivity contribution in [1.82, 2.24) is 24.8 Å². The molecule has 0 radical (unpaired) electrons. The van der Waals surface area contributed by atoms with Gasteiger partial charge >= 0.3 is 6.09 Å². The summed E-state index contributed by atoms with van der Waals surface area (Å²) >= 11 is 0. The Kier molecular flexibility index (Phi) is 6.62. The van der Waals surface area contributed by atoms with E-state index in [4.69, 9.17) is 14.8 Å². The Morgan fingerprint density at radius 3 is 2.49 bits per heavy atom. The van der Waals surface area contributed by atoms with Gasteiger partial charge in [-0.3, -0.25) is 4.57 Å². The summed E-state index contributed by atoms with van der Waals surface area (Å²) in [7, 11) is 0. The van der Waals surface area contributed by atoms with Crippen LogP contribution < -0.4 is 15.5 Å². The minimum absolute atomic E-state index is 0.0682. The summed E-state index contributed by atoms with van der Waals surface area (Å²) in [6, 6.07) is 8.67. The van der Waals surface area contributed by atoms with Crippen LogP contribution in [0.1, 0.15) is 37.9 Å². The molecule has 2 fully saturated rings. The molecule has 0 spiro atoms. The third-order valence-electron chi connectivity index (χ3n) is 6.41. The van der Waals surface area contributed by atoms with Crippen molar-refractivity contribution in [2.45, 2.75) is 44.2 Å². The molecule has 1 aliphatic carbocycles. The summed E-state index contributed by atoms with van der Waals surface area (Å²) in [6.45, 7) is 2.27. The number of nitrogens with one attached hydrogen (secondary N) is 2. The fourth-order valence-corrected chi connectivity index (χ4v) is 4.71. The number of ether oxygens (including phenoxy) is 1. The Labute approximate surface area is 200 Å². The SMILES string of the molecule is O=C(O)N[C@H]1CC[C@H](Nc2cc(-n3c(C(F)F)nc4ccccc43)nc(N3CCOCC3)n2)CC1. The molecule has 1 aromatic carbocycles. The van der Waals surface area contributed by atoms with Gasteiger partial charge in [0.05, 0.1) is 24.2 Å². The number of nitrogens with zero attached hydrogens (tertiary/aromatic N) is 5. The van der Waals surface area contributed by atoms with E-state index in [9.17, 15) is 13.6 Å². The predicted octanol–water partition coefficient (Wildman–Crippen LogP) is 3.58. The Bertz CT molecular complexity index is 1190. The number of rotatable bonds is 6. The summed E-state index contributed by atoms with van der Waals surface area (Å²) in [5.41, 5.74) is 1.01. The molecule has 0 unspecified atom stereocenters. The van der Waals surface area contributed by atoms with Crippen LogP contribution in [0.15, 0.2) is 30.3 Å². The number of amides is 1. The van der Waals surface area contributed by atoms with Crippen molar-refractivity contribution in [1.29, 1.82) is 0 Å². The second-order valence-electron chi connectivity index (χ2n) is 8.75. The highest BCUT2D eigenvalue weighted by Crippen LogP contribution is 2.30. The van der Waals surface area contributed by atoms with Crippen LogP contribution in [0.2, 0.25) is 0 Å². The van der Waals surface area contributed by atoms with Crippen molar-refractivity contribution < 1.29 is 23.4 Å². The van der Waals surface area contributed by atoms with E-state index in [2.05, 4.69) is 20.6 Å². The van der Waals surface area contributed by atoms with E-state index in [0.29, 0.717) is 67.8 Å². The number of hydrogen-bond acceptors (Lipinski definition) is 7. The van der Waals surface area contributed by atoms with Gasteiger partial charge in [-0.25, -0.2) is 18.6 Å². The molecule has 3 N–H and O–H groups in total. The smallest absolute Gasteiger partial charge is 0.404 e. The van der Waals surface area contributed by atoms with Crippen LogP contribution in [0.5, 0.6) is 0 Å². The van der Waals surface area contributed by atoms with Crippen molar-refractivity contribution in [3.05, 3.63) is 36.2 Å². The number of morpholine rings is 1. The maximum Gasteiger partial charge on any atom is 0.404 e. The van der Waals surface area contributed by atoms with E-state index in [1.165, 1.54) is 4.57 Å². The van der Waals surface area contributed by atoms with Crippen molar-refractivity contribution in [2.24, 2.45) is 0 Å². The molecule has 1 saturated carbocycles. The Balaban J connectivity index is 1.49. The number of para-hydroxylation sites is 2. The summed E-state index contributed by atoms with van der Waals surface area (Å²) in [6.07, 6.45) is -0.863. The Morgan fingerprint density at radius 1 is 1.06 bits per heavy atom. The zero-order chi connectivity index (χ0) is 24.4. The number of aromatic nitrogens is 4. The van der Waals surface area contributed by atoms with Gasteiger partial charge in [-0.1, -0.05) is 12.1 Å². The van der Waals surface area contributed by atoms with Gasteiger partial charge < -0.3 is 25.4 Å². The molecule has 0 atom stereocenters. The van der Waals surface area contributed by atoms with Crippen molar-refractivity contribution in [3.8, 4) is 5.82 Å². The number of halogens is 2. The Hall–Kier alpha value is -3.54. The van der Waals surface area contributed by atoms with Crippen LogP contribution in [-0.4, -0.2) is 69.1 Å². The molecule has 5 rings (SSSR count). The second kappa shape index (κ2) is 9.98. The maximum atomic E-state index is 14.0. The topological polar surface area (TPSA) is 117 Å². The molecule has 186 valence electrons. The lowest BCUT2D eigenvalue weighted by molar-refractivity contribution is 0.122. The van der Waals surface area contributed by atoms with Gasteiger partial charge in [0.15, 0.2) is 5.82 Å². The lowest BCUT2D eigenvalue weighted by Gasteiger charge is -2.30. The molecule has 2 aliphatic rings. The molecular formula is C23H27F2N7O3. The van der Waals surface area contributed by atoms with E-state index in [1.54, 1.807) is 30.3 Å². The molecule has 10 nitrogen and oxygen atoms in total. The van der Waals surface area contributed by atoms with Crippen molar-refractivity contribution in [3.63, 3.8) is 0 Å². The number of anilines is 2. The highest BCUT2D eigenvalue weighted by Gasteiger charge is 2.26. The minimum Gasteiger partial charge on any atom is -0.465 e. The van der Waals surface area contributed by atoms with Crippen LogP contribution in [0.3, 0.4) is 0 Å². The first-order valence-corrected chi connectivity index (χ1v) is 11.7. The number of alkyl halides is 2. The molecule has 1 saturated heterocycles. The highest BCUT2D eigenvalue weighted by molar-refractivity contribution is 5.78. The molecule has 1 aliphatic heterocycles. The molecule has 3 heterocycles. The first-order chi connectivity index (χ1) is 17.0. The van der Waals surface area contributed by atoms with Crippen LogP contribution >= 0.6 is 0 Å². The quantitative estimate of drug-likeness (QED) is 0.483. The van der Waals surface area contributed by atoms with Crippen LogP contribution in [-0.2, 0) is 4.74 Å². The van der Waals surface area contributed by atoms with Gasteiger partial charge in [0.1, 0.15) is 11.6 Å². The number of carboxylic acid groups (broad SMARTS) is 1. The third-order valence-corrected chi connectivity index (χ3v) is 6.41. The first-order valence-electron chi connectivity index (χ1n) is 11.7. The first kappa shape index (κ1) is 23.2. The van der Waals surface area contributed by atoms with Crippen molar-refractivity contribution >= 4 is 28.9 Å². The zero-order valence-electron chi connectivity index (χ0n) is 19.0. The molecule has 35 heavy (non-hydrogen) atoms. The number of hydrogen-bond donors (Lipinski definition) is 3.